The molecule has 0 radical (unpaired) electrons. The number of hydrogen-bond donors (Lipinski definition) is 0. The first-order chi connectivity index (χ1) is 8.63. The average Bonchev–Trinajstić information content (AvgIpc) is 2.38. The molecule has 2 rings (SSSR count). The highest BCUT2D eigenvalue weighted by Gasteiger charge is 2.15. The summed E-state index contributed by atoms with van der Waals surface area (Å²) in [5, 5.41) is 10.6. The molecule has 2 aromatic rings. The fourth-order valence-electron chi connectivity index (χ4n) is 1.67. The predicted octanol–water partition coefficient (Wildman–Crippen LogP) is 3.27. The summed E-state index contributed by atoms with van der Waals surface area (Å²) >= 11 is 5.80. The highest BCUT2D eigenvalue weighted by molar-refractivity contribution is 6.31. The van der Waals surface area contributed by atoms with Gasteiger partial charge in [0.15, 0.2) is 0 Å². The van der Waals surface area contributed by atoms with Gasteiger partial charge in [0.05, 0.1) is 10.6 Å². The highest BCUT2D eigenvalue weighted by atomic mass is 35.5. The third kappa shape index (κ3) is 2.31. The van der Waals surface area contributed by atoms with Crippen LogP contribution in [0.2, 0.25) is 5.15 Å². The molecule has 0 atom stereocenters. The van der Waals surface area contributed by atoms with Crippen molar-refractivity contribution in [2.24, 2.45) is 0 Å². The third-order valence-electron chi connectivity index (χ3n) is 2.59. The molecule has 2 heterocycles. The van der Waals surface area contributed by atoms with Crippen LogP contribution in [0.4, 0.5) is 5.69 Å². The maximum atomic E-state index is 10.7. The number of pyridine rings is 2. The summed E-state index contributed by atoms with van der Waals surface area (Å²) < 4.78 is 0. The molecule has 6 heteroatoms. The summed E-state index contributed by atoms with van der Waals surface area (Å²) in [5.74, 6) is 0. The van der Waals surface area contributed by atoms with Gasteiger partial charge in [0.1, 0.15) is 0 Å². The van der Waals surface area contributed by atoms with Gasteiger partial charge in [-0.15, -0.1) is 0 Å². The van der Waals surface area contributed by atoms with E-state index in [2.05, 4.69) is 9.97 Å². The van der Waals surface area contributed by atoms with E-state index in [1.807, 2.05) is 13.0 Å². The van der Waals surface area contributed by atoms with E-state index in [0.717, 1.165) is 17.5 Å². The quantitative estimate of drug-likeness (QED) is 0.484. The van der Waals surface area contributed by atoms with E-state index >= 15 is 0 Å². The molecule has 0 saturated carbocycles. The molecular weight excluding hydrogens is 254 g/mol. The smallest absolute Gasteiger partial charge is 0.264 e. The van der Waals surface area contributed by atoms with Gasteiger partial charge in [0.2, 0.25) is 5.15 Å². The molecule has 0 amide bonds. The van der Waals surface area contributed by atoms with Crippen LogP contribution in [-0.2, 0) is 6.42 Å². The van der Waals surface area contributed by atoms with E-state index in [4.69, 9.17) is 11.6 Å². The van der Waals surface area contributed by atoms with Crippen molar-refractivity contribution in [2.45, 2.75) is 13.3 Å². The Morgan fingerprint density at radius 3 is 2.78 bits per heavy atom. The van der Waals surface area contributed by atoms with Gasteiger partial charge in [-0.3, -0.25) is 15.1 Å². The monoisotopic (exact) mass is 263 g/mol. The van der Waals surface area contributed by atoms with Crippen molar-refractivity contribution in [1.29, 1.82) is 0 Å². The van der Waals surface area contributed by atoms with Crippen LogP contribution in [0.25, 0.3) is 11.3 Å². The number of nitrogens with zero attached hydrogens (tertiary/aromatic N) is 3. The van der Waals surface area contributed by atoms with Crippen molar-refractivity contribution >= 4 is 17.3 Å². The number of halogens is 1. The second kappa shape index (κ2) is 5.10. The molecule has 0 spiro atoms. The molecule has 0 saturated heterocycles. The summed E-state index contributed by atoms with van der Waals surface area (Å²) in [6.07, 6.45) is 4.22. The number of aromatic nitrogens is 2. The van der Waals surface area contributed by atoms with Crippen LogP contribution in [-0.4, -0.2) is 14.9 Å². The molecular formula is C12H10ClN3O2. The molecule has 5 nitrogen and oxygen atoms in total. The summed E-state index contributed by atoms with van der Waals surface area (Å²) in [6.45, 7) is 2.01. The zero-order valence-electron chi connectivity index (χ0n) is 9.63. The minimum Gasteiger partial charge on any atom is -0.264 e. The van der Waals surface area contributed by atoms with Crippen LogP contribution in [0.1, 0.15) is 12.5 Å². The Bertz CT molecular complexity index is 602. The lowest BCUT2D eigenvalue weighted by atomic mass is 10.0. The molecule has 0 aromatic carbocycles. The van der Waals surface area contributed by atoms with Crippen molar-refractivity contribution in [2.75, 3.05) is 0 Å². The van der Waals surface area contributed by atoms with Gasteiger partial charge < -0.3 is 0 Å². The van der Waals surface area contributed by atoms with E-state index in [0.29, 0.717) is 5.69 Å². The van der Waals surface area contributed by atoms with Crippen LogP contribution in [0.3, 0.4) is 0 Å². The molecule has 0 aliphatic heterocycles. The topological polar surface area (TPSA) is 68.9 Å². The second-order valence-corrected chi connectivity index (χ2v) is 4.01. The summed E-state index contributed by atoms with van der Waals surface area (Å²) in [7, 11) is 0. The lowest BCUT2D eigenvalue weighted by molar-refractivity contribution is -0.385. The van der Waals surface area contributed by atoms with E-state index in [1.54, 1.807) is 18.5 Å². The normalized spacial score (nSPS) is 10.3. The van der Waals surface area contributed by atoms with E-state index in [1.165, 1.54) is 6.07 Å². The molecule has 92 valence electrons. The SMILES string of the molecule is CCc1cnccc1-c1ccc([N+](=O)[O-])c(Cl)n1. The number of rotatable bonds is 3. The first kappa shape index (κ1) is 12.4. The van der Waals surface area contributed by atoms with Gasteiger partial charge in [-0.05, 0) is 24.1 Å². The maximum Gasteiger partial charge on any atom is 0.306 e. The standard InChI is InChI=1S/C12H10ClN3O2/c1-2-8-7-14-6-5-9(8)10-3-4-11(16(17)18)12(13)15-10/h3-7H,2H2,1H3. The average molecular weight is 264 g/mol. The van der Waals surface area contributed by atoms with Gasteiger partial charge in [-0.1, -0.05) is 18.5 Å². The van der Waals surface area contributed by atoms with Crippen LogP contribution in [0.15, 0.2) is 30.6 Å². The summed E-state index contributed by atoms with van der Waals surface area (Å²) in [6, 6.07) is 4.78. The van der Waals surface area contributed by atoms with Crippen LogP contribution in [0.5, 0.6) is 0 Å². The Morgan fingerprint density at radius 2 is 2.17 bits per heavy atom. The van der Waals surface area contributed by atoms with Gasteiger partial charge in [0.25, 0.3) is 0 Å². The second-order valence-electron chi connectivity index (χ2n) is 3.65. The van der Waals surface area contributed by atoms with Gasteiger partial charge in [0, 0.05) is 24.0 Å². The summed E-state index contributed by atoms with van der Waals surface area (Å²) in [4.78, 5) is 18.2. The Balaban J connectivity index is 2.52. The zero-order valence-corrected chi connectivity index (χ0v) is 10.4. The fourth-order valence-corrected chi connectivity index (χ4v) is 1.89. The minimum atomic E-state index is -0.549. The number of hydrogen-bond acceptors (Lipinski definition) is 4. The Morgan fingerprint density at radius 1 is 1.39 bits per heavy atom. The van der Waals surface area contributed by atoms with Crippen LogP contribution < -0.4 is 0 Å². The molecule has 18 heavy (non-hydrogen) atoms. The van der Waals surface area contributed by atoms with E-state index < -0.39 is 4.92 Å². The first-order valence-corrected chi connectivity index (χ1v) is 5.75. The molecule has 0 bridgehead atoms. The Hall–Kier alpha value is -2.01. The van der Waals surface area contributed by atoms with Crippen molar-refractivity contribution in [3.8, 4) is 11.3 Å². The molecule has 0 unspecified atom stereocenters. The number of nitro groups is 1. The lowest BCUT2D eigenvalue weighted by Gasteiger charge is -2.06. The predicted molar refractivity (Wildman–Crippen MR) is 68.5 cm³/mol. The van der Waals surface area contributed by atoms with E-state index in [9.17, 15) is 10.1 Å². The van der Waals surface area contributed by atoms with Crippen LogP contribution >= 0.6 is 11.6 Å². The van der Waals surface area contributed by atoms with Crippen molar-refractivity contribution < 1.29 is 4.92 Å². The summed E-state index contributed by atoms with van der Waals surface area (Å²) in [5.41, 5.74) is 2.34. The van der Waals surface area contributed by atoms with E-state index in [-0.39, 0.29) is 10.8 Å². The largest absolute Gasteiger partial charge is 0.306 e. The van der Waals surface area contributed by atoms with Gasteiger partial charge in [-0.2, -0.15) is 0 Å². The number of aryl methyl sites for hydroxylation is 1. The van der Waals surface area contributed by atoms with Crippen molar-refractivity contribution in [3.05, 3.63) is 51.4 Å². The molecule has 0 aliphatic carbocycles. The highest BCUT2D eigenvalue weighted by Crippen LogP contribution is 2.28. The zero-order chi connectivity index (χ0) is 13.1. The van der Waals surface area contributed by atoms with Crippen molar-refractivity contribution in [3.63, 3.8) is 0 Å². The molecule has 0 aliphatic rings. The fraction of sp³-hybridized carbons (Fsp3) is 0.167. The lowest BCUT2D eigenvalue weighted by Crippen LogP contribution is -1.95. The molecule has 2 aromatic heterocycles. The minimum absolute atomic E-state index is 0.101. The first-order valence-electron chi connectivity index (χ1n) is 5.37. The maximum absolute atomic E-state index is 10.7. The Labute approximate surface area is 109 Å². The van der Waals surface area contributed by atoms with Gasteiger partial charge in [-0.25, -0.2) is 4.98 Å². The van der Waals surface area contributed by atoms with Crippen LogP contribution in [0, 0.1) is 10.1 Å². The van der Waals surface area contributed by atoms with Gasteiger partial charge >= 0.3 is 5.69 Å². The third-order valence-corrected chi connectivity index (χ3v) is 2.86. The Kier molecular flexibility index (Phi) is 3.53. The molecule has 0 N–H and O–H groups in total. The van der Waals surface area contributed by atoms with Crippen molar-refractivity contribution in [1.82, 2.24) is 9.97 Å². The molecule has 0 fully saturated rings.